The van der Waals surface area contributed by atoms with Gasteiger partial charge in [-0.1, -0.05) is 0 Å². The molecule has 7 heteroatoms. The Morgan fingerprint density at radius 2 is 2.00 bits per heavy atom. The van der Waals surface area contributed by atoms with E-state index < -0.39 is 0 Å². The van der Waals surface area contributed by atoms with Gasteiger partial charge in [0.05, 0.1) is 28.5 Å². The molecule has 1 aliphatic heterocycles. The van der Waals surface area contributed by atoms with Crippen LogP contribution < -0.4 is 4.90 Å². The number of hydrogen-bond acceptors (Lipinski definition) is 5. The van der Waals surface area contributed by atoms with Crippen molar-refractivity contribution < 1.29 is 4.92 Å². The number of aromatic nitrogens is 3. The molecule has 3 aromatic rings. The van der Waals surface area contributed by atoms with Crippen LogP contribution in [0.5, 0.6) is 0 Å². The van der Waals surface area contributed by atoms with Crippen molar-refractivity contribution in [2.45, 2.75) is 12.8 Å². The Morgan fingerprint density at radius 3 is 2.78 bits per heavy atom. The number of rotatable bonds is 3. The fourth-order valence-electron chi connectivity index (χ4n) is 3.09. The maximum Gasteiger partial charge on any atom is 0.271 e. The fraction of sp³-hybridized carbons (Fsp3) is 0.250. The molecule has 23 heavy (non-hydrogen) atoms. The molecule has 3 heterocycles. The Hall–Kier alpha value is -2.96. The average molecular weight is 309 g/mol. The number of hydrogen-bond donors (Lipinski definition) is 0. The lowest BCUT2D eigenvalue weighted by Crippen LogP contribution is -2.19. The second-order valence-corrected chi connectivity index (χ2v) is 5.61. The van der Waals surface area contributed by atoms with E-state index in [2.05, 4.69) is 14.9 Å². The van der Waals surface area contributed by atoms with Crippen molar-refractivity contribution in [1.29, 1.82) is 0 Å². The highest BCUT2D eigenvalue weighted by Gasteiger charge is 2.22. The first-order chi connectivity index (χ1) is 11.2. The summed E-state index contributed by atoms with van der Waals surface area (Å²) in [4.78, 5) is 21.6. The lowest BCUT2D eigenvalue weighted by Gasteiger charge is -2.20. The summed E-state index contributed by atoms with van der Waals surface area (Å²) in [6, 6.07) is 4.99. The van der Waals surface area contributed by atoms with Crippen LogP contribution in [0.1, 0.15) is 12.8 Å². The monoisotopic (exact) mass is 309 g/mol. The van der Waals surface area contributed by atoms with E-state index in [4.69, 9.17) is 0 Å². The standard InChI is InChI=1S/C16H15N5O2/c22-21(23)12-3-4-14(15(9-12)19-6-1-2-7-19)16-18-11-13-10-17-5-8-20(13)16/h3-5,8-11H,1-2,6-7H2. The van der Waals surface area contributed by atoms with Crippen molar-refractivity contribution in [3.63, 3.8) is 0 Å². The maximum absolute atomic E-state index is 11.1. The molecule has 0 radical (unpaired) electrons. The lowest BCUT2D eigenvalue weighted by atomic mass is 10.1. The minimum absolute atomic E-state index is 0.109. The van der Waals surface area contributed by atoms with Gasteiger partial charge in [0.1, 0.15) is 5.82 Å². The molecule has 0 amide bonds. The van der Waals surface area contributed by atoms with Crippen molar-refractivity contribution in [2.75, 3.05) is 18.0 Å². The Bertz CT molecular complexity index is 883. The number of nitrogens with zero attached hydrogens (tertiary/aromatic N) is 5. The van der Waals surface area contributed by atoms with Gasteiger partial charge in [-0.05, 0) is 18.9 Å². The molecular formula is C16H15N5O2. The van der Waals surface area contributed by atoms with Gasteiger partial charge < -0.3 is 4.90 Å². The summed E-state index contributed by atoms with van der Waals surface area (Å²) in [5.74, 6) is 0.777. The molecule has 116 valence electrons. The van der Waals surface area contributed by atoms with E-state index in [1.165, 1.54) is 6.07 Å². The van der Waals surface area contributed by atoms with E-state index in [1.807, 2.05) is 10.6 Å². The van der Waals surface area contributed by atoms with Crippen LogP contribution in [0.4, 0.5) is 11.4 Å². The van der Waals surface area contributed by atoms with Gasteiger partial charge in [-0.15, -0.1) is 0 Å². The van der Waals surface area contributed by atoms with Crippen LogP contribution in [0.25, 0.3) is 16.9 Å². The van der Waals surface area contributed by atoms with Crippen molar-refractivity contribution in [2.24, 2.45) is 0 Å². The number of non-ortho nitro benzene ring substituents is 1. The molecule has 2 aromatic heterocycles. The van der Waals surface area contributed by atoms with E-state index in [9.17, 15) is 10.1 Å². The normalized spacial score (nSPS) is 14.5. The van der Waals surface area contributed by atoms with Crippen LogP contribution in [0, 0.1) is 10.1 Å². The summed E-state index contributed by atoms with van der Waals surface area (Å²) in [5.41, 5.74) is 2.79. The topological polar surface area (TPSA) is 76.6 Å². The summed E-state index contributed by atoms with van der Waals surface area (Å²) in [5, 5.41) is 11.1. The molecule has 0 bridgehead atoms. The third kappa shape index (κ3) is 2.30. The zero-order valence-corrected chi connectivity index (χ0v) is 12.4. The van der Waals surface area contributed by atoms with Gasteiger partial charge in [0.2, 0.25) is 0 Å². The van der Waals surface area contributed by atoms with Crippen molar-refractivity contribution in [3.8, 4) is 11.4 Å². The lowest BCUT2D eigenvalue weighted by molar-refractivity contribution is -0.384. The zero-order chi connectivity index (χ0) is 15.8. The summed E-state index contributed by atoms with van der Waals surface area (Å²) >= 11 is 0. The summed E-state index contributed by atoms with van der Waals surface area (Å²) in [6.45, 7) is 1.83. The third-order valence-electron chi connectivity index (χ3n) is 4.21. The second-order valence-electron chi connectivity index (χ2n) is 5.61. The molecule has 1 aromatic carbocycles. The summed E-state index contributed by atoms with van der Waals surface area (Å²) in [7, 11) is 0. The molecule has 0 spiro atoms. The Kier molecular flexibility index (Phi) is 3.18. The van der Waals surface area contributed by atoms with E-state index in [1.54, 1.807) is 30.7 Å². The minimum atomic E-state index is -0.350. The summed E-state index contributed by atoms with van der Waals surface area (Å²) < 4.78 is 1.95. The molecule has 0 saturated carbocycles. The quantitative estimate of drug-likeness (QED) is 0.549. The molecule has 0 unspecified atom stereocenters. The van der Waals surface area contributed by atoms with Gasteiger partial charge in [-0.2, -0.15) is 0 Å². The zero-order valence-electron chi connectivity index (χ0n) is 12.4. The first kappa shape index (κ1) is 13.7. The Labute approximate surface area is 132 Å². The van der Waals surface area contributed by atoms with E-state index in [0.29, 0.717) is 0 Å². The summed E-state index contributed by atoms with van der Waals surface area (Å²) in [6.07, 6.45) is 9.28. The van der Waals surface area contributed by atoms with Gasteiger partial charge in [0, 0.05) is 43.2 Å². The average Bonchev–Trinajstić information content (AvgIpc) is 3.24. The number of anilines is 1. The van der Waals surface area contributed by atoms with E-state index >= 15 is 0 Å². The van der Waals surface area contributed by atoms with E-state index in [0.717, 1.165) is 48.5 Å². The van der Waals surface area contributed by atoms with Crippen LogP contribution in [-0.2, 0) is 0 Å². The van der Waals surface area contributed by atoms with Crippen molar-refractivity contribution in [1.82, 2.24) is 14.4 Å². The number of imidazole rings is 1. The third-order valence-corrected chi connectivity index (χ3v) is 4.21. The van der Waals surface area contributed by atoms with Gasteiger partial charge in [0.25, 0.3) is 5.69 Å². The molecule has 1 aliphatic rings. The van der Waals surface area contributed by atoms with Gasteiger partial charge in [0.15, 0.2) is 0 Å². The van der Waals surface area contributed by atoms with Crippen LogP contribution in [0.2, 0.25) is 0 Å². The Balaban J connectivity index is 1.91. The molecule has 1 saturated heterocycles. The Morgan fingerprint density at radius 1 is 1.17 bits per heavy atom. The molecular weight excluding hydrogens is 294 g/mol. The minimum Gasteiger partial charge on any atom is -0.371 e. The molecule has 0 aliphatic carbocycles. The number of nitro benzene ring substituents is 1. The molecule has 0 N–H and O–H groups in total. The van der Waals surface area contributed by atoms with Crippen molar-refractivity contribution >= 4 is 16.9 Å². The SMILES string of the molecule is O=[N+]([O-])c1ccc(-c2ncc3cnccn23)c(N2CCCC2)c1. The highest BCUT2D eigenvalue weighted by molar-refractivity contribution is 5.78. The first-order valence-electron chi connectivity index (χ1n) is 7.55. The molecule has 0 atom stereocenters. The predicted octanol–water partition coefficient (Wildman–Crippen LogP) is 2.90. The highest BCUT2D eigenvalue weighted by Crippen LogP contribution is 2.35. The molecule has 1 fully saturated rings. The highest BCUT2D eigenvalue weighted by atomic mass is 16.6. The van der Waals surface area contributed by atoms with Crippen LogP contribution >= 0.6 is 0 Å². The predicted molar refractivity (Wildman–Crippen MR) is 86.5 cm³/mol. The molecule has 4 rings (SSSR count). The maximum atomic E-state index is 11.1. The number of benzene rings is 1. The number of fused-ring (bicyclic) bond motifs is 1. The van der Waals surface area contributed by atoms with Gasteiger partial charge in [-0.3, -0.25) is 19.5 Å². The molecule has 7 nitrogen and oxygen atoms in total. The number of nitro groups is 1. The van der Waals surface area contributed by atoms with E-state index in [-0.39, 0.29) is 10.6 Å². The van der Waals surface area contributed by atoms with Gasteiger partial charge in [-0.25, -0.2) is 4.98 Å². The smallest absolute Gasteiger partial charge is 0.271 e. The first-order valence-corrected chi connectivity index (χ1v) is 7.55. The van der Waals surface area contributed by atoms with Gasteiger partial charge >= 0.3 is 0 Å². The van der Waals surface area contributed by atoms with Crippen LogP contribution in [-0.4, -0.2) is 32.4 Å². The fourth-order valence-corrected chi connectivity index (χ4v) is 3.09. The van der Waals surface area contributed by atoms with Crippen molar-refractivity contribution in [3.05, 3.63) is 53.1 Å². The van der Waals surface area contributed by atoms with Crippen LogP contribution in [0.3, 0.4) is 0 Å². The largest absolute Gasteiger partial charge is 0.371 e. The van der Waals surface area contributed by atoms with Crippen LogP contribution in [0.15, 0.2) is 43.0 Å². The second kappa shape index (κ2) is 5.35.